The minimum Gasteiger partial charge on any atom is -0.356 e. The van der Waals surface area contributed by atoms with Crippen molar-refractivity contribution in [2.75, 3.05) is 18.6 Å². The van der Waals surface area contributed by atoms with E-state index >= 15 is 0 Å². The smallest absolute Gasteiger partial charge is 0.192 e. The number of aromatic nitrogens is 3. The first-order chi connectivity index (χ1) is 12.5. The van der Waals surface area contributed by atoms with E-state index in [1.807, 2.05) is 48.5 Å². The standard InChI is InChI=1S/C18H27ClN6S.HI/c1-13(15-7-5-8-16(19)11-15)22-18(20-9-6-10-26-4)21-12-17-24-23-14(2)25(17)3;/h5,7-8,11,13H,6,9-10,12H2,1-4H3,(H2,20,21,22);1H. The van der Waals surface area contributed by atoms with Crippen LogP contribution < -0.4 is 10.6 Å². The lowest BCUT2D eigenvalue weighted by Gasteiger charge is -2.19. The van der Waals surface area contributed by atoms with E-state index in [1.165, 1.54) is 0 Å². The zero-order chi connectivity index (χ0) is 18.9. The maximum Gasteiger partial charge on any atom is 0.192 e. The molecule has 2 aromatic rings. The fourth-order valence-corrected chi connectivity index (χ4v) is 3.01. The Labute approximate surface area is 188 Å². The second-order valence-corrected chi connectivity index (χ2v) is 7.50. The summed E-state index contributed by atoms with van der Waals surface area (Å²) < 4.78 is 1.95. The molecule has 0 amide bonds. The highest BCUT2D eigenvalue weighted by Gasteiger charge is 2.10. The minimum atomic E-state index is 0. The molecule has 1 atom stereocenters. The molecular formula is C18H28ClIN6S. The van der Waals surface area contributed by atoms with Crippen LogP contribution in [0.5, 0.6) is 0 Å². The number of aryl methyl sites for hydroxylation is 1. The van der Waals surface area contributed by atoms with Crippen molar-refractivity contribution in [1.29, 1.82) is 0 Å². The summed E-state index contributed by atoms with van der Waals surface area (Å²) >= 11 is 7.95. The lowest BCUT2D eigenvalue weighted by atomic mass is 10.1. The third kappa shape index (κ3) is 7.87. The molecule has 0 aliphatic heterocycles. The van der Waals surface area contributed by atoms with Gasteiger partial charge in [-0.15, -0.1) is 34.2 Å². The SMILES string of the molecule is CSCCCNC(=NCc1nnc(C)n1C)NC(C)c1cccc(Cl)c1.I. The largest absolute Gasteiger partial charge is 0.356 e. The van der Waals surface area contributed by atoms with Crippen LogP contribution in [0.4, 0.5) is 0 Å². The predicted molar refractivity (Wildman–Crippen MR) is 126 cm³/mol. The lowest BCUT2D eigenvalue weighted by Crippen LogP contribution is -2.39. The number of nitrogens with one attached hydrogen (secondary N) is 2. The third-order valence-electron chi connectivity index (χ3n) is 4.08. The van der Waals surface area contributed by atoms with Gasteiger partial charge in [0.15, 0.2) is 11.8 Å². The summed E-state index contributed by atoms with van der Waals surface area (Å²) in [5.41, 5.74) is 1.12. The fourth-order valence-electron chi connectivity index (χ4n) is 2.38. The van der Waals surface area contributed by atoms with Gasteiger partial charge in [-0.2, -0.15) is 11.8 Å². The van der Waals surface area contributed by atoms with Crippen LogP contribution in [0, 0.1) is 6.92 Å². The van der Waals surface area contributed by atoms with Crippen LogP contribution in [0.25, 0.3) is 0 Å². The van der Waals surface area contributed by atoms with E-state index in [9.17, 15) is 0 Å². The Hall–Kier alpha value is -1.000. The van der Waals surface area contributed by atoms with Gasteiger partial charge in [-0.3, -0.25) is 0 Å². The highest BCUT2D eigenvalue weighted by molar-refractivity contribution is 14.0. The molecule has 2 N–H and O–H groups in total. The molecule has 150 valence electrons. The van der Waals surface area contributed by atoms with Crippen molar-refractivity contribution in [2.24, 2.45) is 12.0 Å². The molecule has 27 heavy (non-hydrogen) atoms. The molecule has 0 spiro atoms. The molecule has 1 heterocycles. The van der Waals surface area contributed by atoms with Gasteiger partial charge in [0.2, 0.25) is 0 Å². The summed E-state index contributed by atoms with van der Waals surface area (Å²) in [4.78, 5) is 4.68. The van der Waals surface area contributed by atoms with Gasteiger partial charge in [0.1, 0.15) is 12.4 Å². The molecule has 0 saturated heterocycles. The monoisotopic (exact) mass is 522 g/mol. The minimum absolute atomic E-state index is 0. The molecule has 2 rings (SSSR count). The zero-order valence-corrected chi connectivity index (χ0v) is 20.1. The van der Waals surface area contributed by atoms with Crippen molar-refractivity contribution in [3.8, 4) is 0 Å². The van der Waals surface area contributed by atoms with Crippen molar-refractivity contribution in [1.82, 2.24) is 25.4 Å². The number of hydrogen-bond acceptors (Lipinski definition) is 4. The molecular weight excluding hydrogens is 495 g/mol. The fraction of sp³-hybridized carbons (Fsp3) is 0.500. The van der Waals surface area contributed by atoms with Crippen LogP contribution in [-0.2, 0) is 13.6 Å². The molecule has 1 aromatic carbocycles. The summed E-state index contributed by atoms with van der Waals surface area (Å²) in [5.74, 6) is 3.60. The molecule has 1 aromatic heterocycles. The first-order valence-corrected chi connectivity index (χ1v) is 10.4. The summed E-state index contributed by atoms with van der Waals surface area (Å²) in [6.07, 6.45) is 3.20. The van der Waals surface area contributed by atoms with Crippen molar-refractivity contribution < 1.29 is 0 Å². The van der Waals surface area contributed by atoms with Crippen LogP contribution in [-0.4, -0.2) is 39.3 Å². The molecule has 1 unspecified atom stereocenters. The molecule has 0 aliphatic carbocycles. The highest BCUT2D eigenvalue weighted by atomic mass is 127. The molecule has 6 nitrogen and oxygen atoms in total. The Bertz CT molecular complexity index is 736. The van der Waals surface area contributed by atoms with Gasteiger partial charge in [-0.25, -0.2) is 4.99 Å². The second kappa shape index (κ2) is 12.5. The van der Waals surface area contributed by atoms with E-state index in [2.05, 4.69) is 45.1 Å². The summed E-state index contributed by atoms with van der Waals surface area (Å²) in [6, 6.07) is 7.95. The average Bonchev–Trinajstić information content (AvgIpc) is 2.95. The van der Waals surface area contributed by atoms with E-state index in [1.54, 1.807) is 0 Å². The number of hydrogen-bond donors (Lipinski definition) is 2. The van der Waals surface area contributed by atoms with Crippen molar-refractivity contribution in [3.05, 3.63) is 46.5 Å². The number of rotatable bonds is 8. The normalized spacial score (nSPS) is 12.4. The molecule has 9 heteroatoms. The first-order valence-electron chi connectivity index (χ1n) is 8.65. The number of thioether (sulfide) groups is 1. The Morgan fingerprint density at radius 3 is 2.78 bits per heavy atom. The maximum absolute atomic E-state index is 6.11. The number of guanidine groups is 1. The van der Waals surface area contributed by atoms with Crippen molar-refractivity contribution >= 4 is 53.3 Å². The van der Waals surface area contributed by atoms with Crippen LogP contribution in [0.1, 0.15) is 36.6 Å². The zero-order valence-electron chi connectivity index (χ0n) is 16.2. The second-order valence-electron chi connectivity index (χ2n) is 6.08. The van der Waals surface area contributed by atoms with Gasteiger partial charge in [0.05, 0.1) is 6.04 Å². The van der Waals surface area contributed by atoms with Gasteiger partial charge in [0, 0.05) is 18.6 Å². The number of halogens is 2. The van der Waals surface area contributed by atoms with Crippen LogP contribution >= 0.6 is 47.3 Å². The van der Waals surface area contributed by atoms with E-state index in [4.69, 9.17) is 11.6 Å². The van der Waals surface area contributed by atoms with Gasteiger partial charge in [-0.1, -0.05) is 23.7 Å². The summed E-state index contributed by atoms with van der Waals surface area (Å²) in [5, 5.41) is 15.8. The molecule has 0 bridgehead atoms. The van der Waals surface area contributed by atoms with Gasteiger partial charge in [-0.05, 0) is 50.0 Å². The van der Waals surface area contributed by atoms with Crippen molar-refractivity contribution in [2.45, 2.75) is 32.9 Å². The number of aliphatic imine (C=N–C) groups is 1. The quantitative estimate of drug-likeness (QED) is 0.238. The Kier molecular flexibility index (Phi) is 11.1. The van der Waals surface area contributed by atoms with E-state index in [-0.39, 0.29) is 30.0 Å². The molecule has 0 saturated carbocycles. The molecule has 0 radical (unpaired) electrons. The maximum atomic E-state index is 6.11. The van der Waals surface area contributed by atoms with Gasteiger partial charge in [0.25, 0.3) is 0 Å². The average molecular weight is 523 g/mol. The van der Waals surface area contributed by atoms with Crippen molar-refractivity contribution in [3.63, 3.8) is 0 Å². The van der Waals surface area contributed by atoms with Crippen LogP contribution in [0.3, 0.4) is 0 Å². The van der Waals surface area contributed by atoms with Gasteiger partial charge >= 0.3 is 0 Å². The van der Waals surface area contributed by atoms with Gasteiger partial charge < -0.3 is 15.2 Å². The summed E-state index contributed by atoms with van der Waals surface area (Å²) in [7, 11) is 1.95. The first kappa shape index (κ1) is 24.0. The topological polar surface area (TPSA) is 67.1 Å². The Morgan fingerprint density at radius 2 is 2.15 bits per heavy atom. The molecule has 0 fully saturated rings. The Balaban J connectivity index is 0.00000364. The third-order valence-corrected chi connectivity index (χ3v) is 5.01. The molecule has 0 aliphatic rings. The lowest BCUT2D eigenvalue weighted by molar-refractivity contribution is 0.674. The van der Waals surface area contributed by atoms with E-state index in [0.717, 1.165) is 46.9 Å². The van der Waals surface area contributed by atoms with E-state index < -0.39 is 0 Å². The van der Waals surface area contributed by atoms with E-state index in [0.29, 0.717) is 6.54 Å². The number of benzene rings is 1. The highest BCUT2D eigenvalue weighted by Crippen LogP contribution is 2.17. The predicted octanol–water partition coefficient (Wildman–Crippen LogP) is 3.94. The van der Waals surface area contributed by atoms with Crippen LogP contribution in [0.2, 0.25) is 5.02 Å². The Morgan fingerprint density at radius 1 is 1.37 bits per heavy atom. The summed E-state index contributed by atoms with van der Waals surface area (Å²) in [6.45, 7) is 5.36. The van der Waals surface area contributed by atoms with Crippen LogP contribution in [0.15, 0.2) is 29.3 Å². The number of nitrogens with zero attached hydrogens (tertiary/aromatic N) is 4.